The molecule has 1 aromatic heterocycles. The molecule has 100 valence electrons. The van der Waals surface area contributed by atoms with Crippen LogP contribution >= 0.6 is 0 Å². The molecule has 3 nitrogen and oxygen atoms in total. The molecule has 1 atom stereocenters. The Kier molecular flexibility index (Phi) is 3.44. The molecule has 1 unspecified atom stereocenters. The van der Waals surface area contributed by atoms with Crippen molar-refractivity contribution in [1.82, 2.24) is 4.98 Å². The summed E-state index contributed by atoms with van der Waals surface area (Å²) in [6, 6.07) is 2.52. The Balaban J connectivity index is 2.53. The second-order valence-electron chi connectivity index (χ2n) is 4.20. The monoisotopic (exact) mass is 267 g/mol. The van der Waals surface area contributed by atoms with Gasteiger partial charge in [0.2, 0.25) is 0 Å². The fourth-order valence-electron chi connectivity index (χ4n) is 1.92. The van der Waals surface area contributed by atoms with Gasteiger partial charge < -0.3 is 11.5 Å². The molecule has 19 heavy (non-hydrogen) atoms. The largest absolute Gasteiger partial charge is 0.383 e. The lowest BCUT2D eigenvalue weighted by atomic mass is 9.96. The summed E-state index contributed by atoms with van der Waals surface area (Å²) < 4.78 is 39.3. The highest BCUT2D eigenvalue weighted by Gasteiger charge is 2.19. The molecule has 1 heterocycles. The predicted molar refractivity (Wildman–Crippen MR) is 65.7 cm³/mol. The summed E-state index contributed by atoms with van der Waals surface area (Å²) in [6.07, 6.45) is 1.51. The van der Waals surface area contributed by atoms with E-state index in [9.17, 15) is 13.2 Å². The van der Waals surface area contributed by atoms with E-state index >= 15 is 0 Å². The molecular formula is C13H12F3N3. The van der Waals surface area contributed by atoms with Gasteiger partial charge in [0.25, 0.3) is 0 Å². The van der Waals surface area contributed by atoms with Gasteiger partial charge in [-0.1, -0.05) is 0 Å². The average molecular weight is 267 g/mol. The first-order valence-corrected chi connectivity index (χ1v) is 5.52. The molecular weight excluding hydrogens is 255 g/mol. The van der Waals surface area contributed by atoms with Gasteiger partial charge in [0.1, 0.15) is 5.82 Å². The zero-order chi connectivity index (χ0) is 14.2. The quantitative estimate of drug-likeness (QED) is 0.821. The lowest BCUT2D eigenvalue weighted by Crippen LogP contribution is -2.17. The average Bonchev–Trinajstić information content (AvgIpc) is 2.35. The molecule has 0 aliphatic carbocycles. The summed E-state index contributed by atoms with van der Waals surface area (Å²) in [6.45, 7) is 1.75. The van der Waals surface area contributed by atoms with Gasteiger partial charge >= 0.3 is 0 Å². The summed E-state index contributed by atoms with van der Waals surface area (Å²) in [5, 5.41) is 0. The number of anilines is 1. The normalized spacial score (nSPS) is 12.5. The highest BCUT2D eigenvalue weighted by atomic mass is 19.2. The molecule has 4 N–H and O–H groups in total. The number of hydrogen-bond acceptors (Lipinski definition) is 3. The van der Waals surface area contributed by atoms with Crippen LogP contribution in [0.25, 0.3) is 0 Å². The van der Waals surface area contributed by atoms with E-state index in [1.807, 2.05) is 0 Å². The summed E-state index contributed by atoms with van der Waals surface area (Å²) in [4.78, 5) is 3.89. The third-order valence-corrected chi connectivity index (χ3v) is 2.92. The van der Waals surface area contributed by atoms with Gasteiger partial charge in [0, 0.05) is 11.8 Å². The number of benzene rings is 1. The van der Waals surface area contributed by atoms with Gasteiger partial charge in [-0.2, -0.15) is 0 Å². The number of nitrogens with two attached hydrogens (primary N) is 2. The van der Waals surface area contributed by atoms with Gasteiger partial charge in [-0.05, 0) is 36.2 Å². The summed E-state index contributed by atoms with van der Waals surface area (Å²) >= 11 is 0. The van der Waals surface area contributed by atoms with Crippen molar-refractivity contribution >= 4 is 5.82 Å². The minimum atomic E-state index is -1.52. The Morgan fingerprint density at radius 3 is 2.26 bits per heavy atom. The first-order chi connectivity index (χ1) is 8.91. The lowest BCUT2D eigenvalue weighted by Gasteiger charge is -2.17. The van der Waals surface area contributed by atoms with Gasteiger partial charge in [-0.25, -0.2) is 18.2 Å². The molecule has 0 aliphatic rings. The number of aryl methyl sites for hydroxylation is 1. The third-order valence-electron chi connectivity index (χ3n) is 2.92. The van der Waals surface area contributed by atoms with E-state index in [0.717, 1.165) is 17.7 Å². The van der Waals surface area contributed by atoms with E-state index in [2.05, 4.69) is 4.98 Å². The summed E-state index contributed by atoms with van der Waals surface area (Å²) in [5.41, 5.74) is 12.9. The second-order valence-corrected chi connectivity index (χ2v) is 4.20. The Hall–Kier alpha value is -2.08. The highest BCUT2D eigenvalue weighted by Crippen LogP contribution is 2.28. The Morgan fingerprint density at radius 2 is 1.74 bits per heavy atom. The topological polar surface area (TPSA) is 64.9 Å². The summed E-state index contributed by atoms with van der Waals surface area (Å²) in [5.74, 6) is -3.92. The first-order valence-electron chi connectivity index (χ1n) is 5.52. The Labute approximate surface area is 108 Å². The van der Waals surface area contributed by atoms with Crippen LogP contribution < -0.4 is 11.5 Å². The first kappa shape index (κ1) is 13.4. The van der Waals surface area contributed by atoms with Gasteiger partial charge in [-0.3, -0.25) is 0 Å². The van der Waals surface area contributed by atoms with Crippen molar-refractivity contribution < 1.29 is 13.2 Å². The van der Waals surface area contributed by atoms with Crippen LogP contribution in [0, 0.1) is 24.4 Å². The SMILES string of the molecule is Cc1ccnc(N)c1C(N)c1cc(F)c(F)c(F)c1. The molecule has 0 amide bonds. The maximum absolute atomic E-state index is 13.2. The van der Waals surface area contributed by atoms with E-state index < -0.39 is 23.5 Å². The van der Waals surface area contributed by atoms with Crippen LogP contribution in [0.3, 0.4) is 0 Å². The van der Waals surface area contributed by atoms with Crippen LogP contribution in [0.5, 0.6) is 0 Å². The number of nitrogens with zero attached hydrogens (tertiary/aromatic N) is 1. The second kappa shape index (κ2) is 4.89. The molecule has 2 rings (SSSR count). The molecule has 6 heteroatoms. The van der Waals surface area contributed by atoms with Crippen LogP contribution in [-0.4, -0.2) is 4.98 Å². The lowest BCUT2D eigenvalue weighted by molar-refractivity contribution is 0.444. The van der Waals surface area contributed by atoms with Crippen molar-refractivity contribution in [3.8, 4) is 0 Å². The minimum absolute atomic E-state index is 0.0965. The standard InChI is InChI=1S/C13H12F3N3/c1-6-2-3-19-13(18)10(6)12(17)7-4-8(14)11(16)9(15)5-7/h2-5,12H,17H2,1H3,(H2,18,19). The maximum atomic E-state index is 13.2. The fraction of sp³-hybridized carbons (Fsp3) is 0.154. The number of rotatable bonds is 2. The van der Waals surface area contributed by atoms with Crippen LogP contribution in [-0.2, 0) is 0 Å². The Morgan fingerprint density at radius 1 is 1.16 bits per heavy atom. The highest BCUT2D eigenvalue weighted by molar-refractivity contribution is 5.49. The van der Waals surface area contributed by atoms with Crippen molar-refractivity contribution in [2.75, 3.05) is 5.73 Å². The number of nitrogen functional groups attached to an aromatic ring is 1. The van der Waals surface area contributed by atoms with Crippen molar-refractivity contribution in [1.29, 1.82) is 0 Å². The van der Waals surface area contributed by atoms with Crippen LogP contribution in [0.1, 0.15) is 22.7 Å². The van der Waals surface area contributed by atoms with E-state index in [4.69, 9.17) is 11.5 Å². The molecule has 0 radical (unpaired) electrons. The number of hydrogen-bond donors (Lipinski definition) is 2. The molecule has 0 bridgehead atoms. The molecule has 2 aromatic rings. The maximum Gasteiger partial charge on any atom is 0.194 e. The van der Waals surface area contributed by atoms with Gasteiger partial charge in [0.15, 0.2) is 17.5 Å². The van der Waals surface area contributed by atoms with Crippen LogP contribution in [0.2, 0.25) is 0 Å². The molecule has 1 aromatic carbocycles. The van der Waals surface area contributed by atoms with E-state index in [0.29, 0.717) is 5.56 Å². The minimum Gasteiger partial charge on any atom is -0.383 e. The molecule has 0 saturated carbocycles. The van der Waals surface area contributed by atoms with Crippen LogP contribution in [0.15, 0.2) is 24.4 Å². The van der Waals surface area contributed by atoms with Gasteiger partial charge in [-0.15, -0.1) is 0 Å². The van der Waals surface area contributed by atoms with Crippen molar-refractivity contribution in [2.45, 2.75) is 13.0 Å². The van der Waals surface area contributed by atoms with Crippen LogP contribution in [0.4, 0.5) is 19.0 Å². The number of aromatic nitrogens is 1. The summed E-state index contributed by atoms with van der Waals surface area (Å²) in [7, 11) is 0. The number of halogens is 3. The molecule has 0 spiro atoms. The zero-order valence-corrected chi connectivity index (χ0v) is 10.1. The van der Waals surface area contributed by atoms with E-state index in [1.165, 1.54) is 6.20 Å². The van der Waals surface area contributed by atoms with E-state index in [-0.39, 0.29) is 11.4 Å². The van der Waals surface area contributed by atoms with Crippen molar-refractivity contribution in [3.05, 3.63) is 58.5 Å². The van der Waals surface area contributed by atoms with Gasteiger partial charge in [0.05, 0.1) is 6.04 Å². The van der Waals surface area contributed by atoms with Crippen molar-refractivity contribution in [2.24, 2.45) is 5.73 Å². The number of pyridine rings is 1. The smallest absolute Gasteiger partial charge is 0.194 e. The molecule has 0 fully saturated rings. The molecule has 0 aliphatic heterocycles. The van der Waals surface area contributed by atoms with Crippen molar-refractivity contribution in [3.63, 3.8) is 0 Å². The van der Waals surface area contributed by atoms with E-state index in [1.54, 1.807) is 13.0 Å². The third kappa shape index (κ3) is 2.39. The predicted octanol–water partition coefficient (Wildman–Crippen LogP) is 2.44. The fourth-order valence-corrected chi connectivity index (χ4v) is 1.92. The Bertz CT molecular complexity index is 585. The zero-order valence-electron chi connectivity index (χ0n) is 10.1. The molecule has 0 saturated heterocycles.